The van der Waals surface area contributed by atoms with Gasteiger partial charge in [-0.2, -0.15) is 0 Å². The van der Waals surface area contributed by atoms with Crippen molar-refractivity contribution in [3.63, 3.8) is 0 Å². The predicted molar refractivity (Wildman–Crippen MR) is 601 cm³/mol. The lowest BCUT2D eigenvalue weighted by molar-refractivity contribution is -0.176. The highest BCUT2D eigenvalue weighted by atomic mass is 32.2. The molecule has 0 aliphatic heterocycles. The van der Waals surface area contributed by atoms with Crippen LogP contribution in [-0.4, -0.2) is 179 Å². The zero-order chi connectivity index (χ0) is 110. The fraction of sp³-hybridized carbons (Fsp3) is 0.421. The van der Waals surface area contributed by atoms with E-state index in [4.69, 9.17) is 28.8 Å². The van der Waals surface area contributed by atoms with Gasteiger partial charge in [0.15, 0.2) is 17.3 Å². The van der Waals surface area contributed by atoms with Gasteiger partial charge in [0.05, 0.1) is 16.6 Å². The van der Waals surface area contributed by atoms with Gasteiger partial charge in [0.25, 0.3) is 5.79 Å². The van der Waals surface area contributed by atoms with Crippen molar-refractivity contribution in [2.45, 2.75) is 314 Å². The van der Waals surface area contributed by atoms with E-state index in [1.165, 1.54) is 60.1 Å². The number of hydrogen-bond acceptors (Lipinski definition) is 29. The number of methoxy groups -OCH3 is 2. The topological polar surface area (TPSA) is 319 Å². The summed E-state index contributed by atoms with van der Waals surface area (Å²) in [5.74, 6) is -4.28. The van der Waals surface area contributed by atoms with E-state index in [-0.39, 0.29) is 69.1 Å². The zero-order valence-corrected chi connectivity index (χ0v) is 94.5. The molecule has 1 saturated carbocycles. The summed E-state index contributed by atoms with van der Waals surface area (Å²) >= 11 is 6.18. The smallest absolute Gasteiger partial charge is 0.331 e. The van der Waals surface area contributed by atoms with E-state index in [2.05, 4.69) is 78.9 Å². The maximum atomic E-state index is 13.4. The summed E-state index contributed by atoms with van der Waals surface area (Å²) < 4.78 is 11.2. The second-order valence-corrected chi connectivity index (χ2v) is 42.8. The lowest BCUT2D eigenvalue weighted by Crippen LogP contribution is -2.49. The van der Waals surface area contributed by atoms with Gasteiger partial charge < -0.3 is 28.8 Å². The highest BCUT2D eigenvalue weighted by molar-refractivity contribution is 8.00. The molecule has 0 unspecified atom stereocenters. The van der Waals surface area contributed by atoms with Gasteiger partial charge in [0.2, 0.25) is 28.9 Å². The molecule has 1 aliphatic carbocycles. The van der Waals surface area contributed by atoms with E-state index in [1.807, 2.05) is 212 Å². The molecule has 10 rings (SSSR count). The van der Waals surface area contributed by atoms with E-state index in [1.54, 1.807) is 108 Å². The summed E-state index contributed by atoms with van der Waals surface area (Å²) in [5, 5.41) is 15.4. The van der Waals surface area contributed by atoms with Crippen LogP contribution in [0.2, 0.25) is 0 Å². The average molecular weight is 2120 g/mol. The number of rotatable bonds is 55. The van der Waals surface area contributed by atoms with Crippen LogP contribution in [0.5, 0.6) is 0 Å². The number of hydrogen-bond donors (Lipinski definition) is 0. The van der Waals surface area contributed by atoms with Crippen LogP contribution in [0.4, 0.5) is 0 Å². The van der Waals surface area contributed by atoms with Gasteiger partial charge in [-0.1, -0.05) is 285 Å². The molecule has 9 aromatic carbocycles. The lowest BCUT2D eigenvalue weighted by Gasteiger charge is -2.35. The summed E-state index contributed by atoms with van der Waals surface area (Å²) in [6.45, 7) is 34.7. The molecule has 0 spiro atoms. The van der Waals surface area contributed by atoms with Gasteiger partial charge in [0.1, 0.15) is 22.8 Å². The average Bonchev–Trinajstić information content (AvgIpc) is 0.787. The number of ketones is 8. The molecule has 0 heterocycles. The number of likely N-dealkylation sites (N-methyl/N-ethyl adjacent to an activating group) is 3. The highest BCUT2D eigenvalue weighted by Gasteiger charge is 2.42. The lowest BCUT2D eigenvalue weighted by atomic mass is 9.84. The maximum absolute atomic E-state index is 13.4. The molecule has 802 valence electrons. The first-order chi connectivity index (χ1) is 71.7. The molecular formula is C121H151N7O18S4. The molecule has 0 bridgehead atoms. The number of oxime groups is 4. The Morgan fingerprint density at radius 3 is 0.760 bits per heavy atom. The summed E-state index contributed by atoms with van der Waals surface area (Å²) in [5.41, 5.74) is 4.51. The van der Waals surface area contributed by atoms with Crippen LogP contribution >= 0.6 is 47.0 Å². The molecule has 0 saturated heterocycles. The molecule has 0 N–H and O–H groups in total. The molecule has 0 aromatic heterocycles. The Labute approximate surface area is 904 Å². The van der Waals surface area contributed by atoms with Crippen molar-refractivity contribution in [3.8, 4) is 0 Å². The SMILES string of the molecule is CCCCCC/C(=N\OC(C)=O)C(=O)c1ccc(Sc2ccc(C(=O)C(C)(C)N(C)C)cc2)cc1.CCCCCC/C(=N\OC(C)=O)C(=O)c1ccc(Sc2ccc(C(=O)C(C)(C)N(CC)CC)cc2)cc1.CCCCCC/C(=N\OC(C)=O)C(=O)c1ccc(Sc2ccc(C(=O)C(C)(C)N(CC)CC)cc2)cc1.COC(OC)(C(=O)c1ccc(Sc2ccc(C(=O)/C(CC3CCCCC3)=N/OC(C)=O)cc2)cc1)c1ccccc1. The predicted octanol–water partition coefficient (Wildman–Crippen LogP) is 28.1. The van der Waals surface area contributed by atoms with Crippen LogP contribution < -0.4 is 0 Å². The van der Waals surface area contributed by atoms with Crippen molar-refractivity contribution in [3.05, 3.63) is 275 Å². The van der Waals surface area contributed by atoms with Crippen molar-refractivity contribution in [1.82, 2.24) is 14.7 Å². The normalized spacial score (nSPS) is 12.7. The van der Waals surface area contributed by atoms with Crippen LogP contribution in [-0.2, 0) is 53.8 Å². The van der Waals surface area contributed by atoms with Gasteiger partial charge in [-0.25, -0.2) is 19.2 Å². The number of benzene rings is 9. The number of carbonyl (C=O) groups is 12. The van der Waals surface area contributed by atoms with Gasteiger partial charge in [-0.15, -0.1) is 0 Å². The van der Waals surface area contributed by atoms with Crippen LogP contribution in [0.25, 0.3) is 0 Å². The summed E-state index contributed by atoms with van der Waals surface area (Å²) in [4.78, 5) is 183. The monoisotopic (exact) mass is 2120 g/mol. The van der Waals surface area contributed by atoms with Crippen LogP contribution in [0.3, 0.4) is 0 Å². The third kappa shape index (κ3) is 39.1. The van der Waals surface area contributed by atoms with Crippen LogP contribution in [0.15, 0.2) is 284 Å². The first-order valence-electron chi connectivity index (χ1n) is 51.9. The Morgan fingerprint density at radius 2 is 0.527 bits per heavy atom. The quantitative estimate of drug-likeness (QED) is 0.00853. The molecule has 29 heteroatoms. The first kappa shape index (κ1) is 125. The van der Waals surface area contributed by atoms with E-state index in [9.17, 15) is 57.5 Å². The summed E-state index contributed by atoms with van der Waals surface area (Å²) in [6, 6.07) is 68.4. The second-order valence-electron chi connectivity index (χ2n) is 38.2. The fourth-order valence-corrected chi connectivity index (χ4v) is 20.0. The highest BCUT2D eigenvalue weighted by Crippen LogP contribution is 2.38. The van der Waals surface area contributed by atoms with Gasteiger partial charge >= 0.3 is 23.9 Å². The maximum Gasteiger partial charge on any atom is 0.331 e. The van der Waals surface area contributed by atoms with Crippen molar-refractivity contribution in [2.75, 3.05) is 54.5 Å². The number of nitrogens with zero attached hydrogens (tertiary/aromatic N) is 7. The van der Waals surface area contributed by atoms with Gasteiger partial charge in [-0.05, 0) is 278 Å². The number of ether oxygens (including phenoxy) is 2. The Morgan fingerprint density at radius 1 is 0.293 bits per heavy atom. The molecule has 1 fully saturated rings. The minimum Gasteiger partial charge on any atom is -0.343 e. The number of carbonyl (C=O) groups excluding carboxylic acids is 12. The van der Waals surface area contributed by atoms with Gasteiger partial charge in [-0.3, -0.25) is 53.1 Å². The Balaban J connectivity index is 0.000000271. The van der Waals surface area contributed by atoms with Crippen molar-refractivity contribution < 1.29 is 86.4 Å². The Bertz CT molecular complexity index is 5840. The van der Waals surface area contributed by atoms with Crippen molar-refractivity contribution in [2.24, 2.45) is 26.5 Å². The third-order valence-corrected chi connectivity index (χ3v) is 30.1. The molecule has 1 aliphatic rings. The molecule has 9 aromatic rings. The first-order valence-corrected chi connectivity index (χ1v) is 55.2. The third-order valence-electron chi connectivity index (χ3n) is 26.0. The van der Waals surface area contributed by atoms with E-state index in [0.29, 0.717) is 81.7 Å². The van der Waals surface area contributed by atoms with Crippen molar-refractivity contribution >= 4 is 140 Å². The van der Waals surface area contributed by atoms with Gasteiger partial charge in [0, 0.05) is 131 Å². The molecule has 0 atom stereocenters. The molecular weight excluding hydrogens is 1970 g/mol. The Hall–Kier alpha value is -11.9. The zero-order valence-electron chi connectivity index (χ0n) is 91.2. The number of unbranched alkanes of at least 4 members (excludes halogenated alkanes) is 9. The van der Waals surface area contributed by atoms with E-state index >= 15 is 0 Å². The Kier molecular flexibility index (Phi) is 53.4. The molecule has 0 radical (unpaired) electrons. The molecule has 25 nitrogen and oxygen atoms in total. The van der Waals surface area contributed by atoms with E-state index < -0.39 is 46.3 Å². The number of Topliss-reactive ketones (excluding diaryl/α,β-unsaturated/α-hetero) is 8. The molecule has 150 heavy (non-hydrogen) atoms. The minimum absolute atomic E-state index is 0.0721. The summed E-state index contributed by atoms with van der Waals surface area (Å²) in [6.07, 6.45) is 19.5. The fourth-order valence-electron chi connectivity index (χ4n) is 16.7. The second kappa shape index (κ2) is 64.1. The largest absolute Gasteiger partial charge is 0.343 e. The standard InChI is InChI=1S/C33H35NO6S.2C30H40N2O4S.C28H36N2O4S/c1-23(35)40-34-30(22-24-10-6-4-7-11-24)31(36)25-14-18-28(19-15-25)41-29-20-16-26(17-21-29)32(37)33(38-2,39-3)27-12-8-5-9-13-27;2*1-7-10-11-12-13-27(31-36-22(4)33)28(34)23-14-18-25(19-15-23)37-26-20-16-24(17-21-26)29(35)30(5,6)32(8-2)9-3;1-7-8-9-10-11-25(29-34-20(2)31)26(32)21-12-16-23(17-13-21)35-24-18-14-22(15-19-24)27(33)28(3,4)30(5)6/h5,8-9,12-21,24H,4,6-7,10-11,22H2,1-3H3;2*14-21H,7-13H2,1-6H3;12-19H,7-11H2,1-6H3/b34-30+;2*31-27+;29-25+. The van der Waals surface area contributed by atoms with Crippen molar-refractivity contribution in [1.29, 1.82) is 0 Å². The molecule has 0 amide bonds. The summed E-state index contributed by atoms with van der Waals surface area (Å²) in [7, 11) is 6.70. The van der Waals surface area contributed by atoms with Crippen LogP contribution in [0, 0.1) is 5.92 Å². The van der Waals surface area contributed by atoms with Crippen LogP contribution in [0.1, 0.15) is 341 Å². The van der Waals surface area contributed by atoms with E-state index in [0.717, 1.165) is 168 Å². The minimum atomic E-state index is -1.53.